The Morgan fingerprint density at radius 2 is 2.00 bits per heavy atom. The molecule has 0 radical (unpaired) electrons. The summed E-state index contributed by atoms with van der Waals surface area (Å²) in [6, 6.07) is 4.47. The van der Waals surface area contributed by atoms with Gasteiger partial charge < -0.3 is 0 Å². The molecular formula is C13H18S2. The van der Waals surface area contributed by atoms with Gasteiger partial charge in [-0.2, -0.15) is 0 Å². The van der Waals surface area contributed by atoms with Crippen molar-refractivity contribution in [1.82, 2.24) is 0 Å². The summed E-state index contributed by atoms with van der Waals surface area (Å²) in [4.78, 5) is 4.35. The Kier molecular flexibility index (Phi) is 3.00. The van der Waals surface area contributed by atoms with Gasteiger partial charge in [-0.1, -0.05) is 26.8 Å². The molecule has 1 aromatic rings. The summed E-state index contributed by atoms with van der Waals surface area (Å²) in [6.45, 7) is 9.18. The second kappa shape index (κ2) is 3.99. The third-order valence-corrected chi connectivity index (χ3v) is 5.72. The SMILES string of the molecule is Cc1ccc(C2=CCC(C(C)(C)C)S2)s1. The smallest absolute Gasteiger partial charge is 0.0405 e. The first-order chi connectivity index (χ1) is 6.97. The summed E-state index contributed by atoms with van der Waals surface area (Å²) in [5.74, 6) is 0. The van der Waals surface area contributed by atoms with Crippen LogP contribution in [-0.4, -0.2) is 5.25 Å². The van der Waals surface area contributed by atoms with Gasteiger partial charge in [-0.05, 0) is 30.9 Å². The van der Waals surface area contributed by atoms with E-state index in [4.69, 9.17) is 0 Å². The maximum Gasteiger partial charge on any atom is 0.0405 e. The zero-order valence-electron chi connectivity index (χ0n) is 9.83. The first kappa shape index (κ1) is 11.3. The van der Waals surface area contributed by atoms with Crippen molar-refractivity contribution >= 4 is 28.0 Å². The Hall–Kier alpha value is -0.210. The van der Waals surface area contributed by atoms with E-state index in [9.17, 15) is 0 Å². The Morgan fingerprint density at radius 3 is 2.47 bits per heavy atom. The Bertz CT molecular complexity index is 379. The molecular weight excluding hydrogens is 220 g/mol. The fourth-order valence-corrected chi connectivity index (χ4v) is 4.02. The minimum atomic E-state index is 0.412. The van der Waals surface area contributed by atoms with Crippen LogP contribution in [0.2, 0.25) is 0 Å². The lowest BCUT2D eigenvalue weighted by Gasteiger charge is -2.26. The van der Waals surface area contributed by atoms with E-state index in [2.05, 4.69) is 57.7 Å². The van der Waals surface area contributed by atoms with Crippen molar-refractivity contribution in [2.75, 3.05) is 0 Å². The number of hydrogen-bond donors (Lipinski definition) is 0. The lowest BCUT2D eigenvalue weighted by Crippen LogP contribution is -2.20. The van der Waals surface area contributed by atoms with Gasteiger partial charge in [-0.25, -0.2) is 0 Å². The largest absolute Gasteiger partial charge is 0.140 e. The second-order valence-corrected chi connectivity index (χ2v) is 7.72. The van der Waals surface area contributed by atoms with Gasteiger partial charge in [0, 0.05) is 19.9 Å². The van der Waals surface area contributed by atoms with E-state index in [1.54, 1.807) is 0 Å². The molecule has 0 nitrogen and oxygen atoms in total. The number of thioether (sulfide) groups is 1. The van der Waals surface area contributed by atoms with E-state index >= 15 is 0 Å². The molecule has 0 spiro atoms. The molecule has 1 aliphatic heterocycles. The van der Waals surface area contributed by atoms with Crippen molar-refractivity contribution in [3.63, 3.8) is 0 Å². The number of aryl methyl sites for hydroxylation is 1. The van der Waals surface area contributed by atoms with Crippen LogP contribution in [0.25, 0.3) is 4.91 Å². The maximum absolute atomic E-state index is 2.41. The van der Waals surface area contributed by atoms with E-state index < -0.39 is 0 Å². The Balaban J connectivity index is 2.10. The van der Waals surface area contributed by atoms with Crippen LogP contribution in [-0.2, 0) is 0 Å². The van der Waals surface area contributed by atoms with Crippen LogP contribution in [0.1, 0.15) is 36.9 Å². The highest BCUT2D eigenvalue weighted by molar-refractivity contribution is 8.09. The molecule has 82 valence electrons. The Labute approximate surface area is 101 Å². The van der Waals surface area contributed by atoms with Gasteiger partial charge in [-0.15, -0.1) is 23.1 Å². The highest BCUT2D eigenvalue weighted by Gasteiger charge is 2.29. The van der Waals surface area contributed by atoms with Gasteiger partial charge >= 0.3 is 0 Å². The van der Waals surface area contributed by atoms with Crippen molar-refractivity contribution in [1.29, 1.82) is 0 Å². The predicted molar refractivity (Wildman–Crippen MR) is 72.5 cm³/mol. The van der Waals surface area contributed by atoms with Crippen molar-refractivity contribution in [2.24, 2.45) is 5.41 Å². The van der Waals surface area contributed by atoms with Crippen molar-refractivity contribution < 1.29 is 0 Å². The van der Waals surface area contributed by atoms with Gasteiger partial charge in [0.25, 0.3) is 0 Å². The van der Waals surface area contributed by atoms with Gasteiger partial charge in [0.05, 0.1) is 0 Å². The van der Waals surface area contributed by atoms with E-state index in [0.717, 1.165) is 5.25 Å². The summed E-state index contributed by atoms with van der Waals surface area (Å²) >= 11 is 3.96. The highest BCUT2D eigenvalue weighted by atomic mass is 32.2. The number of thiophene rings is 1. The van der Waals surface area contributed by atoms with Gasteiger partial charge in [0.2, 0.25) is 0 Å². The van der Waals surface area contributed by atoms with E-state index in [0.29, 0.717) is 5.41 Å². The van der Waals surface area contributed by atoms with Crippen LogP contribution in [0.4, 0.5) is 0 Å². The predicted octanol–water partition coefficient (Wildman–Crippen LogP) is 4.95. The minimum absolute atomic E-state index is 0.412. The van der Waals surface area contributed by atoms with Crippen LogP contribution in [0.3, 0.4) is 0 Å². The zero-order valence-corrected chi connectivity index (χ0v) is 11.5. The topological polar surface area (TPSA) is 0 Å². The quantitative estimate of drug-likeness (QED) is 0.667. The monoisotopic (exact) mass is 238 g/mol. The minimum Gasteiger partial charge on any atom is -0.140 e. The average Bonchev–Trinajstić information content (AvgIpc) is 2.69. The van der Waals surface area contributed by atoms with Crippen LogP contribution in [0.15, 0.2) is 18.2 Å². The van der Waals surface area contributed by atoms with E-state index in [-0.39, 0.29) is 0 Å². The molecule has 1 aromatic heterocycles. The number of hydrogen-bond acceptors (Lipinski definition) is 2. The molecule has 15 heavy (non-hydrogen) atoms. The van der Waals surface area contributed by atoms with Crippen molar-refractivity contribution in [2.45, 2.75) is 39.4 Å². The lowest BCUT2D eigenvalue weighted by atomic mass is 9.90. The summed E-state index contributed by atoms with van der Waals surface area (Å²) < 4.78 is 0. The normalized spacial score (nSPS) is 21.9. The highest BCUT2D eigenvalue weighted by Crippen LogP contribution is 2.47. The van der Waals surface area contributed by atoms with E-state index in [1.807, 2.05) is 11.3 Å². The zero-order chi connectivity index (χ0) is 11.1. The third-order valence-electron chi connectivity index (χ3n) is 2.74. The molecule has 0 aliphatic carbocycles. The molecule has 2 heterocycles. The lowest BCUT2D eigenvalue weighted by molar-refractivity contribution is 0.398. The Morgan fingerprint density at radius 1 is 1.27 bits per heavy atom. The molecule has 0 amide bonds. The fraction of sp³-hybridized carbons (Fsp3) is 0.538. The second-order valence-electron chi connectivity index (χ2n) is 5.19. The summed E-state index contributed by atoms with van der Waals surface area (Å²) in [5.41, 5.74) is 0.412. The van der Waals surface area contributed by atoms with Gasteiger partial charge in [-0.3, -0.25) is 0 Å². The van der Waals surface area contributed by atoms with Crippen molar-refractivity contribution in [3.8, 4) is 0 Å². The fourth-order valence-electron chi connectivity index (χ4n) is 1.72. The van der Waals surface area contributed by atoms with Crippen LogP contribution >= 0.6 is 23.1 Å². The van der Waals surface area contributed by atoms with E-state index in [1.165, 1.54) is 21.1 Å². The standard InChI is InChI=1S/C13H18S2/c1-9-5-6-10(14-9)11-7-8-12(15-11)13(2,3)4/h5-7,12H,8H2,1-4H3. The average molecular weight is 238 g/mol. The number of rotatable bonds is 1. The first-order valence-corrected chi connectivity index (χ1v) is 7.10. The molecule has 0 aromatic carbocycles. The summed E-state index contributed by atoms with van der Waals surface area (Å²) in [6.07, 6.45) is 3.63. The first-order valence-electron chi connectivity index (χ1n) is 5.40. The molecule has 1 aliphatic rings. The summed E-state index contributed by atoms with van der Waals surface area (Å²) in [5, 5.41) is 0.745. The van der Waals surface area contributed by atoms with Crippen LogP contribution in [0, 0.1) is 12.3 Å². The molecule has 0 fully saturated rings. The van der Waals surface area contributed by atoms with Gasteiger partial charge in [0.1, 0.15) is 0 Å². The molecule has 0 N–H and O–H groups in total. The molecule has 0 saturated carbocycles. The van der Waals surface area contributed by atoms with Crippen LogP contribution < -0.4 is 0 Å². The molecule has 1 atom stereocenters. The van der Waals surface area contributed by atoms with Crippen LogP contribution in [0.5, 0.6) is 0 Å². The molecule has 1 unspecified atom stereocenters. The van der Waals surface area contributed by atoms with Crippen molar-refractivity contribution in [3.05, 3.63) is 28.0 Å². The van der Waals surface area contributed by atoms with Gasteiger partial charge in [0.15, 0.2) is 0 Å². The molecule has 0 saturated heterocycles. The molecule has 2 rings (SSSR count). The summed E-state index contributed by atoms with van der Waals surface area (Å²) in [7, 11) is 0. The third kappa shape index (κ3) is 2.48. The maximum atomic E-state index is 2.41. The number of allylic oxidation sites excluding steroid dienone is 1. The molecule has 0 bridgehead atoms. The molecule has 2 heteroatoms.